The van der Waals surface area contributed by atoms with Crippen LogP contribution in [-0.2, 0) is 11.2 Å². The molecule has 0 saturated carbocycles. The second kappa shape index (κ2) is 6.28. The van der Waals surface area contributed by atoms with Crippen LogP contribution in [0.25, 0.3) is 0 Å². The SMILES string of the molecule is COc1ccc2c(c1)[C@@H](c1cccs1)[C@](C)(C(=O)Nc1nccs1)C2. The maximum atomic E-state index is 13.2. The summed E-state index contributed by atoms with van der Waals surface area (Å²) in [6, 6.07) is 10.3. The standard InChI is InChI=1S/C19H18N2O2S2/c1-19(17(22)21-18-20-7-9-25-18)11-12-5-6-13(23-2)10-14(12)16(19)15-4-3-8-24-15/h3-10,16H,11H2,1-2H3,(H,20,21,22)/t16-,19+/m0/s1. The molecule has 0 aliphatic heterocycles. The quantitative estimate of drug-likeness (QED) is 0.733. The molecule has 1 amide bonds. The van der Waals surface area contributed by atoms with Gasteiger partial charge in [0.05, 0.1) is 12.5 Å². The van der Waals surface area contributed by atoms with Gasteiger partial charge in [-0.05, 0) is 48.1 Å². The van der Waals surface area contributed by atoms with Crippen LogP contribution in [0.1, 0.15) is 28.8 Å². The molecular weight excluding hydrogens is 352 g/mol. The van der Waals surface area contributed by atoms with Crippen LogP contribution >= 0.6 is 22.7 Å². The first-order valence-electron chi connectivity index (χ1n) is 8.03. The molecule has 0 spiro atoms. The number of aromatic nitrogens is 1. The molecular formula is C19H18N2O2S2. The molecule has 0 saturated heterocycles. The molecule has 0 bridgehead atoms. The minimum atomic E-state index is -0.564. The number of carbonyl (C=O) groups excluding carboxylic acids is 1. The second-order valence-electron chi connectivity index (χ2n) is 6.40. The summed E-state index contributed by atoms with van der Waals surface area (Å²) in [5.74, 6) is 0.846. The molecule has 1 aliphatic rings. The van der Waals surface area contributed by atoms with Gasteiger partial charge < -0.3 is 10.1 Å². The Balaban J connectivity index is 1.77. The van der Waals surface area contributed by atoms with Crippen LogP contribution in [0.3, 0.4) is 0 Å². The van der Waals surface area contributed by atoms with Gasteiger partial charge in [-0.2, -0.15) is 0 Å². The fraction of sp³-hybridized carbons (Fsp3) is 0.263. The van der Waals surface area contributed by atoms with Crippen molar-refractivity contribution >= 4 is 33.7 Å². The number of rotatable bonds is 4. The molecule has 1 aromatic carbocycles. The Hall–Kier alpha value is -2.18. The highest BCUT2D eigenvalue weighted by Crippen LogP contribution is 2.53. The third kappa shape index (κ3) is 2.75. The number of carbonyl (C=O) groups is 1. The van der Waals surface area contributed by atoms with Crippen molar-refractivity contribution in [1.82, 2.24) is 4.98 Å². The molecule has 4 nitrogen and oxygen atoms in total. The Bertz CT molecular complexity index is 890. The fourth-order valence-electron chi connectivity index (χ4n) is 3.63. The van der Waals surface area contributed by atoms with E-state index in [0.717, 1.165) is 5.75 Å². The van der Waals surface area contributed by atoms with Gasteiger partial charge >= 0.3 is 0 Å². The normalized spacial score (nSPS) is 21.8. The zero-order chi connectivity index (χ0) is 17.4. The van der Waals surface area contributed by atoms with Crippen LogP contribution in [-0.4, -0.2) is 18.0 Å². The number of thiophene rings is 1. The van der Waals surface area contributed by atoms with E-state index in [4.69, 9.17) is 4.74 Å². The third-order valence-corrected chi connectivity index (χ3v) is 6.48. The summed E-state index contributed by atoms with van der Waals surface area (Å²) >= 11 is 3.13. The fourth-order valence-corrected chi connectivity index (χ4v) is 5.15. The minimum Gasteiger partial charge on any atom is -0.497 e. The molecule has 4 rings (SSSR count). The molecule has 2 aromatic heterocycles. The van der Waals surface area contributed by atoms with E-state index in [1.165, 1.54) is 27.3 Å². The van der Waals surface area contributed by atoms with Gasteiger partial charge in [-0.3, -0.25) is 4.79 Å². The minimum absolute atomic E-state index is 0.0102. The summed E-state index contributed by atoms with van der Waals surface area (Å²) < 4.78 is 5.41. The lowest BCUT2D eigenvalue weighted by Gasteiger charge is -2.29. The first-order valence-corrected chi connectivity index (χ1v) is 9.79. The number of ether oxygens (including phenoxy) is 1. The van der Waals surface area contributed by atoms with Crippen LogP contribution in [0.2, 0.25) is 0 Å². The van der Waals surface area contributed by atoms with Crippen molar-refractivity contribution in [2.75, 3.05) is 12.4 Å². The number of anilines is 1. The zero-order valence-electron chi connectivity index (χ0n) is 14.0. The lowest BCUT2D eigenvalue weighted by atomic mass is 9.76. The number of hydrogen-bond donors (Lipinski definition) is 1. The molecule has 2 heterocycles. The van der Waals surface area contributed by atoms with E-state index in [1.807, 2.05) is 24.4 Å². The zero-order valence-corrected chi connectivity index (χ0v) is 15.6. The molecule has 2 atom stereocenters. The van der Waals surface area contributed by atoms with Crippen LogP contribution < -0.4 is 10.1 Å². The molecule has 0 fully saturated rings. The van der Waals surface area contributed by atoms with E-state index in [9.17, 15) is 4.79 Å². The summed E-state index contributed by atoms with van der Waals surface area (Å²) in [5.41, 5.74) is 1.82. The predicted molar refractivity (Wildman–Crippen MR) is 102 cm³/mol. The maximum Gasteiger partial charge on any atom is 0.233 e. The van der Waals surface area contributed by atoms with Crippen molar-refractivity contribution in [3.63, 3.8) is 0 Å². The number of methoxy groups -OCH3 is 1. The first kappa shape index (κ1) is 16.3. The van der Waals surface area contributed by atoms with Crippen molar-refractivity contribution in [3.05, 3.63) is 63.3 Å². The Morgan fingerprint density at radius 1 is 1.32 bits per heavy atom. The maximum absolute atomic E-state index is 13.2. The van der Waals surface area contributed by atoms with Gasteiger partial charge in [-0.1, -0.05) is 12.1 Å². The van der Waals surface area contributed by atoms with E-state index in [2.05, 4.69) is 33.9 Å². The largest absolute Gasteiger partial charge is 0.497 e. The number of amides is 1. The van der Waals surface area contributed by atoms with E-state index in [1.54, 1.807) is 24.6 Å². The second-order valence-corrected chi connectivity index (χ2v) is 8.27. The van der Waals surface area contributed by atoms with E-state index in [0.29, 0.717) is 11.6 Å². The molecule has 1 N–H and O–H groups in total. The van der Waals surface area contributed by atoms with Crippen molar-refractivity contribution in [2.45, 2.75) is 19.3 Å². The first-order chi connectivity index (χ1) is 12.1. The summed E-state index contributed by atoms with van der Waals surface area (Å²) in [5, 5.41) is 7.57. The molecule has 25 heavy (non-hydrogen) atoms. The lowest BCUT2D eigenvalue weighted by Crippen LogP contribution is -2.37. The van der Waals surface area contributed by atoms with Crippen molar-refractivity contribution < 1.29 is 9.53 Å². The number of benzene rings is 1. The summed E-state index contributed by atoms with van der Waals surface area (Å²) in [6.07, 6.45) is 2.40. The third-order valence-electron chi connectivity index (χ3n) is 4.86. The van der Waals surface area contributed by atoms with Gasteiger partial charge in [0.2, 0.25) is 5.91 Å². The van der Waals surface area contributed by atoms with Crippen LogP contribution in [0.5, 0.6) is 5.75 Å². The van der Waals surface area contributed by atoms with Crippen molar-refractivity contribution in [1.29, 1.82) is 0 Å². The highest BCUT2D eigenvalue weighted by molar-refractivity contribution is 7.13. The van der Waals surface area contributed by atoms with Gasteiger partial charge in [0.15, 0.2) is 5.13 Å². The van der Waals surface area contributed by atoms with E-state index in [-0.39, 0.29) is 11.8 Å². The monoisotopic (exact) mass is 370 g/mol. The molecule has 0 radical (unpaired) electrons. The Kier molecular flexibility index (Phi) is 4.09. The van der Waals surface area contributed by atoms with Crippen molar-refractivity contribution in [3.8, 4) is 5.75 Å². The number of thiazole rings is 1. The van der Waals surface area contributed by atoms with Crippen LogP contribution in [0, 0.1) is 5.41 Å². The van der Waals surface area contributed by atoms with Crippen LogP contribution in [0.15, 0.2) is 47.3 Å². The molecule has 0 unspecified atom stereocenters. The Labute approximate surface area is 154 Å². The van der Waals surface area contributed by atoms with Gasteiger partial charge in [0.25, 0.3) is 0 Å². The number of hydrogen-bond acceptors (Lipinski definition) is 5. The predicted octanol–water partition coefficient (Wildman–Crippen LogP) is 4.55. The van der Waals surface area contributed by atoms with Crippen molar-refractivity contribution in [2.24, 2.45) is 5.41 Å². The van der Waals surface area contributed by atoms with Crippen LogP contribution in [0.4, 0.5) is 5.13 Å². The van der Waals surface area contributed by atoms with Gasteiger partial charge in [-0.25, -0.2) is 4.98 Å². The molecule has 1 aliphatic carbocycles. The highest BCUT2D eigenvalue weighted by atomic mass is 32.1. The highest BCUT2D eigenvalue weighted by Gasteiger charge is 2.49. The number of fused-ring (bicyclic) bond motifs is 1. The summed E-state index contributed by atoms with van der Waals surface area (Å²) in [7, 11) is 1.67. The van der Waals surface area contributed by atoms with Gasteiger partial charge in [-0.15, -0.1) is 22.7 Å². The topological polar surface area (TPSA) is 51.2 Å². The lowest BCUT2D eigenvalue weighted by molar-refractivity contribution is -0.125. The molecule has 128 valence electrons. The smallest absolute Gasteiger partial charge is 0.233 e. The summed E-state index contributed by atoms with van der Waals surface area (Å²) in [6.45, 7) is 2.05. The summed E-state index contributed by atoms with van der Waals surface area (Å²) in [4.78, 5) is 18.6. The van der Waals surface area contributed by atoms with E-state index >= 15 is 0 Å². The van der Waals surface area contributed by atoms with Gasteiger partial charge in [0.1, 0.15) is 5.75 Å². The number of nitrogens with zero attached hydrogens (tertiary/aromatic N) is 1. The molecule has 3 aromatic rings. The van der Waals surface area contributed by atoms with Gasteiger partial charge in [0, 0.05) is 22.4 Å². The number of nitrogens with one attached hydrogen (secondary N) is 1. The Morgan fingerprint density at radius 2 is 2.20 bits per heavy atom. The Morgan fingerprint density at radius 3 is 2.88 bits per heavy atom. The average molecular weight is 370 g/mol. The average Bonchev–Trinajstić information content (AvgIpc) is 3.33. The van der Waals surface area contributed by atoms with E-state index < -0.39 is 5.41 Å². The molecule has 6 heteroatoms.